The van der Waals surface area contributed by atoms with Crippen molar-refractivity contribution in [3.05, 3.63) is 53.0 Å². The van der Waals surface area contributed by atoms with Crippen molar-refractivity contribution in [2.24, 2.45) is 0 Å². The highest BCUT2D eigenvalue weighted by Gasteiger charge is 2.11. The van der Waals surface area contributed by atoms with Gasteiger partial charge in [0, 0.05) is 30.6 Å². The number of rotatable bonds is 6. The Labute approximate surface area is 127 Å². The summed E-state index contributed by atoms with van der Waals surface area (Å²) in [6.07, 6.45) is 7.95. The summed E-state index contributed by atoms with van der Waals surface area (Å²) in [5, 5.41) is 7.48. The van der Waals surface area contributed by atoms with E-state index >= 15 is 0 Å². The lowest BCUT2D eigenvalue weighted by Crippen LogP contribution is -2.02. The summed E-state index contributed by atoms with van der Waals surface area (Å²) in [5.74, 6) is 0. The molecule has 110 valence electrons. The van der Waals surface area contributed by atoms with Gasteiger partial charge in [-0.25, -0.2) is 4.98 Å². The maximum absolute atomic E-state index is 5.57. The molecule has 1 atom stereocenters. The van der Waals surface area contributed by atoms with Crippen molar-refractivity contribution in [3.8, 4) is 5.69 Å². The van der Waals surface area contributed by atoms with Gasteiger partial charge < -0.3 is 9.30 Å². The van der Waals surface area contributed by atoms with Gasteiger partial charge in [-0.15, -0.1) is 11.3 Å². The van der Waals surface area contributed by atoms with Gasteiger partial charge in [0.1, 0.15) is 11.1 Å². The lowest BCUT2D eigenvalue weighted by Gasteiger charge is -2.06. The van der Waals surface area contributed by atoms with Gasteiger partial charge in [0.2, 0.25) is 0 Å². The van der Waals surface area contributed by atoms with Crippen molar-refractivity contribution >= 4 is 11.3 Å². The van der Waals surface area contributed by atoms with Crippen molar-refractivity contribution in [1.82, 2.24) is 19.3 Å². The normalized spacial score (nSPS) is 12.7. The predicted octanol–water partition coefficient (Wildman–Crippen LogP) is 3.28. The van der Waals surface area contributed by atoms with Crippen LogP contribution in [0.4, 0.5) is 0 Å². The highest BCUT2D eigenvalue weighted by Crippen LogP contribution is 2.21. The molecule has 0 aromatic carbocycles. The standard InChI is InChI=1S/C15H18N4OS/c1-3-20-12(2)15-17-13(11-21-15)9-19-10-14(8-16-19)18-6-4-5-7-18/h4-8,10-12H,3,9H2,1-2H3/t12-/m1/s1. The topological polar surface area (TPSA) is 44.9 Å². The van der Waals surface area contributed by atoms with E-state index in [2.05, 4.69) is 15.5 Å². The van der Waals surface area contributed by atoms with Gasteiger partial charge in [-0.3, -0.25) is 4.68 Å². The van der Waals surface area contributed by atoms with Crippen LogP contribution in [0.25, 0.3) is 5.69 Å². The van der Waals surface area contributed by atoms with Gasteiger partial charge in [-0.05, 0) is 26.0 Å². The van der Waals surface area contributed by atoms with E-state index < -0.39 is 0 Å². The largest absolute Gasteiger partial charge is 0.372 e. The monoisotopic (exact) mass is 302 g/mol. The second-order valence-electron chi connectivity index (χ2n) is 4.76. The van der Waals surface area contributed by atoms with Crippen molar-refractivity contribution in [1.29, 1.82) is 0 Å². The molecule has 0 unspecified atom stereocenters. The van der Waals surface area contributed by atoms with Crippen LogP contribution in [-0.2, 0) is 11.3 Å². The predicted molar refractivity (Wildman–Crippen MR) is 82.8 cm³/mol. The van der Waals surface area contributed by atoms with Crippen molar-refractivity contribution in [2.45, 2.75) is 26.5 Å². The molecule has 3 heterocycles. The quantitative estimate of drug-likeness (QED) is 0.702. The molecule has 0 aliphatic rings. The van der Waals surface area contributed by atoms with Gasteiger partial charge in [0.05, 0.1) is 24.1 Å². The molecule has 0 aliphatic carbocycles. The van der Waals surface area contributed by atoms with Crippen LogP contribution in [0.2, 0.25) is 0 Å². The summed E-state index contributed by atoms with van der Waals surface area (Å²) >= 11 is 1.64. The molecule has 3 rings (SSSR count). The summed E-state index contributed by atoms with van der Waals surface area (Å²) in [6.45, 7) is 5.41. The first-order chi connectivity index (χ1) is 10.3. The van der Waals surface area contributed by atoms with Gasteiger partial charge >= 0.3 is 0 Å². The summed E-state index contributed by atoms with van der Waals surface area (Å²) < 4.78 is 9.50. The molecule has 6 heteroatoms. The Hall–Kier alpha value is -1.92. The van der Waals surface area contributed by atoms with E-state index in [0.717, 1.165) is 16.4 Å². The highest BCUT2D eigenvalue weighted by atomic mass is 32.1. The molecular weight excluding hydrogens is 284 g/mol. The van der Waals surface area contributed by atoms with E-state index in [1.807, 2.05) is 60.0 Å². The number of nitrogens with zero attached hydrogens (tertiary/aromatic N) is 4. The summed E-state index contributed by atoms with van der Waals surface area (Å²) in [7, 11) is 0. The molecule has 0 bridgehead atoms. The Bertz CT molecular complexity index is 686. The first-order valence-electron chi connectivity index (χ1n) is 6.98. The minimum absolute atomic E-state index is 0.0572. The third-order valence-electron chi connectivity index (χ3n) is 3.18. The molecule has 5 nitrogen and oxygen atoms in total. The Morgan fingerprint density at radius 2 is 2.14 bits per heavy atom. The maximum Gasteiger partial charge on any atom is 0.122 e. The highest BCUT2D eigenvalue weighted by molar-refractivity contribution is 7.09. The fourth-order valence-corrected chi connectivity index (χ4v) is 2.96. The van der Waals surface area contributed by atoms with Crippen LogP contribution in [-0.4, -0.2) is 25.9 Å². The Kier molecular flexibility index (Phi) is 4.17. The maximum atomic E-state index is 5.57. The van der Waals surface area contributed by atoms with E-state index in [-0.39, 0.29) is 6.10 Å². The van der Waals surface area contributed by atoms with Crippen LogP contribution >= 0.6 is 11.3 Å². The number of hydrogen-bond acceptors (Lipinski definition) is 4. The average Bonchev–Trinajstić information content (AvgIpc) is 3.20. The van der Waals surface area contributed by atoms with Crippen molar-refractivity contribution in [2.75, 3.05) is 6.61 Å². The van der Waals surface area contributed by atoms with E-state index in [4.69, 9.17) is 4.74 Å². The molecule has 0 radical (unpaired) electrons. The van der Waals surface area contributed by atoms with Crippen LogP contribution in [0, 0.1) is 0 Å². The van der Waals surface area contributed by atoms with Gasteiger partial charge in [-0.2, -0.15) is 5.10 Å². The number of ether oxygens (including phenoxy) is 1. The first-order valence-corrected chi connectivity index (χ1v) is 7.86. The SMILES string of the molecule is CCO[C@H](C)c1nc(Cn2cc(-n3cccc3)cn2)cs1. The fraction of sp³-hybridized carbons (Fsp3) is 0.333. The van der Waals surface area contributed by atoms with Crippen LogP contribution < -0.4 is 0 Å². The third-order valence-corrected chi connectivity index (χ3v) is 4.23. The molecule has 0 saturated carbocycles. The summed E-state index contributed by atoms with van der Waals surface area (Å²) in [4.78, 5) is 4.62. The Morgan fingerprint density at radius 1 is 1.33 bits per heavy atom. The third kappa shape index (κ3) is 3.22. The van der Waals surface area contributed by atoms with Crippen molar-refractivity contribution in [3.63, 3.8) is 0 Å². The average molecular weight is 302 g/mol. The number of thiazole rings is 1. The summed E-state index contributed by atoms with van der Waals surface area (Å²) in [6, 6.07) is 4.00. The second-order valence-corrected chi connectivity index (χ2v) is 5.65. The second kappa shape index (κ2) is 6.24. The molecule has 0 amide bonds. The van der Waals surface area contributed by atoms with E-state index in [9.17, 15) is 0 Å². The smallest absolute Gasteiger partial charge is 0.122 e. The lowest BCUT2D eigenvalue weighted by molar-refractivity contribution is 0.0761. The minimum atomic E-state index is 0.0572. The lowest BCUT2D eigenvalue weighted by atomic mass is 10.4. The molecule has 21 heavy (non-hydrogen) atoms. The molecule has 3 aromatic rings. The van der Waals surface area contributed by atoms with Crippen molar-refractivity contribution < 1.29 is 4.74 Å². The number of hydrogen-bond donors (Lipinski definition) is 0. The summed E-state index contributed by atoms with van der Waals surface area (Å²) in [5.41, 5.74) is 2.07. The van der Waals surface area contributed by atoms with Crippen LogP contribution in [0.15, 0.2) is 42.3 Å². The van der Waals surface area contributed by atoms with E-state index in [1.54, 1.807) is 11.3 Å². The van der Waals surface area contributed by atoms with Crippen LogP contribution in [0.5, 0.6) is 0 Å². The molecule has 0 saturated heterocycles. The Balaban J connectivity index is 1.70. The van der Waals surface area contributed by atoms with Crippen LogP contribution in [0.1, 0.15) is 30.7 Å². The molecular formula is C15H18N4OS. The van der Waals surface area contributed by atoms with Gasteiger partial charge in [-0.1, -0.05) is 0 Å². The fourth-order valence-electron chi connectivity index (χ4n) is 2.15. The van der Waals surface area contributed by atoms with Crippen LogP contribution in [0.3, 0.4) is 0 Å². The zero-order valence-electron chi connectivity index (χ0n) is 12.1. The minimum Gasteiger partial charge on any atom is -0.372 e. The number of aromatic nitrogens is 4. The molecule has 3 aromatic heterocycles. The van der Waals surface area contributed by atoms with E-state index in [0.29, 0.717) is 13.2 Å². The molecule has 0 N–H and O–H groups in total. The van der Waals surface area contributed by atoms with E-state index in [1.165, 1.54) is 0 Å². The van der Waals surface area contributed by atoms with Gasteiger partial charge in [0.25, 0.3) is 0 Å². The molecule has 0 aliphatic heterocycles. The van der Waals surface area contributed by atoms with Gasteiger partial charge in [0.15, 0.2) is 0 Å². The molecule has 0 fully saturated rings. The molecule has 0 spiro atoms. The zero-order chi connectivity index (χ0) is 14.7. The zero-order valence-corrected chi connectivity index (χ0v) is 13.0. The first kappa shape index (κ1) is 14.0. The Morgan fingerprint density at radius 3 is 2.90 bits per heavy atom.